The lowest BCUT2D eigenvalue weighted by molar-refractivity contribution is -0.117. The molecule has 0 unspecified atom stereocenters. The molecule has 1 aromatic carbocycles. The Hall–Kier alpha value is -1.49. The molecule has 0 saturated carbocycles. The summed E-state index contributed by atoms with van der Waals surface area (Å²) in [6.45, 7) is 0.762. The summed E-state index contributed by atoms with van der Waals surface area (Å²) in [4.78, 5) is 11.6. The lowest BCUT2D eigenvalue weighted by atomic mass is 10.2. The van der Waals surface area contributed by atoms with E-state index in [9.17, 15) is 13.6 Å². The SMILES string of the molecule is O=C(Nc1c(F)cccc1F)[C@@H]1CCCN1. The Morgan fingerprint density at radius 2 is 2.06 bits per heavy atom. The molecule has 0 aromatic heterocycles. The van der Waals surface area contributed by atoms with Crippen molar-refractivity contribution in [3.8, 4) is 0 Å². The van der Waals surface area contributed by atoms with E-state index < -0.39 is 11.6 Å². The molecule has 2 rings (SSSR count). The molecule has 1 aliphatic rings. The molecular weight excluding hydrogens is 214 g/mol. The van der Waals surface area contributed by atoms with Gasteiger partial charge in [0.05, 0.1) is 6.04 Å². The number of halogens is 2. The quantitative estimate of drug-likeness (QED) is 0.805. The Kier molecular flexibility index (Phi) is 3.14. The maximum atomic E-state index is 13.2. The second-order valence-corrected chi connectivity index (χ2v) is 3.73. The van der Waals surface area contributed by atoms with E-state index in [2.05, 4.69) is 10.6 Å². The molecule has 3 nitrogen and oxygen atoms in total. The molecular formula is C11H12F2N2O. The van der Waals surface area contributed by atoms with Crippen molar-refractivity contribution in [3.63, 3.8) is 0 Å². The molecule has 2 N–H and O–H groups in total. The average Bonchev–Trinajstić information content (AvgIpc) is 2.76. The number of benzene rings is 1. The summed E-state index contributed by atoms with van der Waals surface area (Å²) in [5.41, 5.74) is -0.374. The maximum Gasteiger partial charge on any atom is 0.241 e. The molecule has 1 atom stereocenters. The zero-order valence-corrected chi connectivity index (χ0v) is 8.59. The summed E-state index contributed by atoms with van der Waals surface area (Å²) in [5, 5.41) is 5.23. The van der Waals surface area contributed by atoms with E-state index >= 15 is 0 Å². The van der Waals surface area contributed by atoms with Crippen molar-refractivity contribution in [1.29, 1.82) is 0 Å². The summed E-state index contributed by atoms with van der Waals surface area (Å²) in [6, 6.07) is 3.13. The van der Waals surface area contributed by atoms with Gasteiger partial charge in [0, 0.05) is 0 Å². The smallest absolute Gasteiger partial charge is 0.241 e. The zero-order valence-electron chi connectivity index (χ0n) is 8.59. The molecule has 86 valence electrons. The van der Waals surface area contributed by atoms with Gasteiger partial charge in [0.2, 0.25) is 5.91 Å². The van der Waals surface area contributed by atoms with Gasteiger partial charge in [-0.05, 0) is 31.5 Å². The van der Waals surface area contributed by atoms with Crippen LogP contribution in [-0.2, 0) is 4.79 Å². The third-order valence-electron chi connectivity index (χ3n) is 2.59. The van der Waals surface area contributed by atoms with Gasteiger partial charge >= 0.3 is 0 Å². The van der Waals surface area contributed by atoms with Crippen molar-refractivity contribution < 1.29 is 13.6 Å². The molecule has 16 heavy (non-hydrogen) atoms. The fourth-order valence-electron chi connectivity index (χ4n) is 1.74. The van der Waals surface area contributed by atoms with Crippen LogP contribution in [-0.4, -0.2) is 18.5 Å². The summed E-state index contributed by atoms with van der Waals surface area (Å²) in [5.74, 6) is -1.90. The molecule has 1 amide bonds. The molecule has 5 heteroatoms. The van der Waals surface area contributed by atoms with E-state index in [1.54, 1.807) is 0 Å². The number of hydrogen-bond acceptors (Lipinski definition) is 2. The van der Waals surface area contributed by atoms with Crippen molar-refractivity contribution in [2.24, 2.45) is 0 Å². The van der Waals surface area contributed by atoms with Gasteiger partial charge in [0.25, 0.3) is 0 Å². The van der Waals surface area contributed by atoms with Gasteiger partial charge in [-0.3, -0.25) is 4.79 Å². The highest BCUT2D eigenvalue weighted by atomic mass is 19.1. The van der Waals surface area contributed by atoms with Crippen LogP contribution in [0.2, 0.25) is 0 Å². The monoisotopic (exact) mass is 226 g/mol. The Balaban J connectivity index is 2.11. The molecule has 1 heterocycles. The van der Waals surface area contributed by atoms with Crippen LogP contribution in [0.5, 0.6) is 0 Å². The number of rotatable bonds is 2. The van der Waals surface area contributed by atoms with Crippen LogP contribution in [0, 0.1) is 11.6 Å². The van der Waals surface area contributed by atoms with Crippen molar-refractivity contribution >= 4 is 11.6 Å². The number of amides is 1. The summed E-state index contributed by atoms with van der Waals surface area (Å²) < 4.78 is 26.4. The zero-order chi connectivity index (χ0) is 11.5. The Labute approximate surface area is 91.8 Å². The standard InChI is InChI=1S/C11H12F2N2O/c12-7-3-1-4-8(13)10(7)15-11(16)9-5-2-6-14-9/h1,3-4,9,14H,2,5-6H2,(H,15,16)/t9-/m0/s1. The minimum atomic E-state index is -0.758. The van der Waals surface area contributed by atoms with E-state index in [0.717, 1.165) is 25.1 Å². The highest BCUT2D eigenvalue weighted by Gasteiger charge is 2.23. The number of hydrogen-bond donors (Lipinski definition) is 2. The number of carbonyl (C=O) groups is 1. The van der Waals surface area contributed by atoms with Crippen molar-refractivity contribution in [2.75, 3.05) is 11.9 Å². The van der Waals surface area contributed by atoms with Gasteiger partial charge in [-0.2, -0.15) is 0 Å². The number of carbonyl (C=O) groups excluding carboxylic acids is 1. The second-order valence-electron chi connectivity index (χ2n) is 3.73. The van der Waals surface area contributed by atoms with Crippen LogP contribution in [0.4, 0.5) is 14.5 Å². The number of anilines is 1. The molecule has 0 bridgehead atoms. The van der Waals surface area contributed by atoms with E-state index in [1.807, 2.05) is 0 Å². The third-order valence-corrected chi connectivity index (χ3v) is 2.59. The van der Waals surface area contributed by atoms with Crippen molar-refractivity contribution in [2.45, 2.75) is 18.9 Å². The molecule has 1 fully saturated rings. The number of nitrogens with one attached hydrogen (secondary N) is 2. The van der Waals surface area contributed by atoms with Crippen LogP contribution in [0.15, 0.2) is 18.2 Å². The van der Waals surface area contributed by atoms with E-state index in [0.29, 0.717) is 6.42 Å². The normalized spacial score (nSPS) is 19.8. The lowest BCUT2D eigenvalue weighted by Gasteiger charge is -2.12. The Morgan fingerprint density at radius 3 is 2.62 bits per heavy atom. The molecule has 1 saturated heterocycles. The van der Waals surface area contributed by atoms with Crippen LogP contribution in [0.1, 0.15) is 12.8 Å². The topological polar surface area (TPSA) is 41.1 Å². The first-order chi connectivity index (χ1) is 7.68. The molecule has 1 aliphatic heterocycles. The van der Waals surface area contributed by atoms with Crippen LogP contribution < -0.4 is 10.6 Å². The minimum Gasteiger partial charge on any atom is -0.320 e. The molecule has 0 spiro atoms. The van der Waals surface area contributed by atoms with Gasteiger partial charge in [-0.1, -0.05) is 6.07 Å². The van der Waals surface area contributed by atoms with Gasteiger partial charge in [-0.15, -0.1) is 0 Å². The second kappa shape index (κ2) is 4.57. The average molecular weight is 226 g/mol. The lowest BCUT2D eigenvalue weighted by Crippen LogP contribution is -2.35. The van der Waals surface area contributed by atoms with Crippen LogP contribution >= 0.6 is 0 Å². The van der Waals surface area contributed by atoms with Crippen LogP contribution in [0.25, 0.3) is 0 Å². The summed E-state index contributed by atoms with van der Waals surface area (Å²) >= 11 is 0. The van der Waals surface area contributed by atoms with E-state index in [-0.39, 0.29) is 17.6 Å². The first-order valence-corrected chi connectivity index (χ1v) is 5.17. The predicted octanol–water partition coefficient (Wildman–Crippen LogP) is 1.66. The van der Waals surface area contributed by atoms with Gasteiger partial charge in [0.1, 0.15) is 17.3 Å². The Morgan fingerprint density at radius 1 is 1.38 bits per heavy atom. The maximum absolute atomic E-state index is 13.2. The van der Waals surface area contributed by atoms with Gasteiger partial charge in [0.15, 0.2) is 0 Å². The van der Waals surface area contributed by atoms with Gasteiger partial charge < -0.3 is 10.6 Å². The molecule has 0 radical (unpaired) electrons. The first kappa shape index (κ1) is 11.0. The van der Waals surface area contributed by atoms with Gasteiger partial charge in [-0.25, -0.2) is 8.78 Å². The highest BCUT2D eigenvalue weighted by molar-refractivity contribution is 5.95. The fraction of sp³-hybridized carbons (Fsp3) is 0.364. The summed E-state index contributed by atoms with van der Waals surface area (Å²) in [7, 11) is 0. The number of para-hydroxylation sites is 1. The summed E-state index contributed by atoms with van der Waals surface area (Å²) in [6.07, 6.45) is 1.60. The van der Waals surface area contributed by atoms with Crippen LogP contribution in [0.3, 0.4) is 0 Å². The van der Waals surface area contributed by atoms with E-state index in [4.69, 9.17) is 0 Å². The fourth-order valence-corrected chi connectivity index (χ4v) is 1.74. The van der Waals surface area contributed by atoms with Crippen molar-refractivity contribution in [1.82, 2.24) is 5.32 Å². The van der Waals surface area contributed by atoms with Crippen molar-refractivity contribution in [3.05, 3.63) is 29.8 Å². The molecule has 0 aliphatic carbocycles. The minimum absolute atomic E-state index is 0.348. The molecule has 1 aromatic rings. The Bertz CT molecular complexity index is 383. The predicted molar refractivity (Wildman–Crippen MR) is 56.0 cm³/mol. The largest absolute Gasteiger partial charge is 0.320 e. The van der Waals surface area contributed by atoms with E-state index in [1.165, 1.54) is 6.07 Å². The first-order valence-electron chi connectivity index (χ1n) is 5.17. The third kappa shape index (κ3) is 2.19. The highest BCUT2D eigenvalue weighted by Crippen LogP contribution is 2.19.